The minimum Gasteiger partial charge on any atom is -0.305 e. The number of benzene rings is 1. The second kappa shape index (κ2) is 6.58. The predicted molar refractivity (Wildman–Crippen MR) is 78.6 cm³/mol. The Balaban J connectivity index is 2.03. The van der Waals surface area contributed by atoms with Gasteiger partial charge in [-0.2, -0.15) is 13.2 Å². The molecule has 0 fully saturated rings. The Hall–Kier alpha value is -1.40. The van der Waals surface area contributed by atoms with E-state index in [0.29, 0.717) is 12.1 Å². The Morgan fingerprint density at radius 2 is 2.00 bits per heavy atom. The highest BCUT2D eigenvalue weighted by atomic mass is 79.9. The minimum absolute atomic E-state index is 0.197. The van der Waals surface area contributed by atoms with E-state index in [1.165, 1.54) is 12.1 Å². The molecule has 0 bridgehead atoms. The lowest BCUT2D eigenvalue weighted by Crippen LogP contribution is -2.19. The number of hydrogen-bond acceptors (Lipinski definition) is 2. The highest BCUT2D eigenvalue weighted by Crippen LogP contribution is 2.30. The molecule has 0 spiro atoms. The molecule has 0 saturated heterocycles. The van der Waals surface area contributed by atoms with Gasteiger partial charge in [0.25, 0.3) is 0 Å². The van der Waals surface area contributed by atoms with Crippen LogP contribution in [0.2, 0.25) is 0 Å². The van der Waals surface area contributed by atoms with Crippen LogP contribution < -0.4 is 5.32 Å². The number of hydrogen-bond donors (Lipinski definition) is 1. The molecule has 1 aromatic heterocycles. The van der Waals surface area contributed by atoms with Gasteiger partial charge in [0.2, 0.25) is 0 Å². The van der Waals surface area contributed by atoms with E-state index < -0.39 is 11.7 Å². The van der Waals surface area contributed by atoms with E-state index in [-0.39, 0.29) is 6.04 Å². The smallest absolute Gasteiger partial charge is 0.305 e. The van der Waals surface area contributed by atoms with Gasteiger partial charge in [0, 0.05) is 23.3 Å². The van der Waals surface area contributed by atoms with Crippen LogP contribution in [0.1, 0.15) is 29.8 Å². The fourth-order valence-electron chi connectivity index (χ4n) is 1.87. The van der Waals surface area contributed by atoms with Crippen LogP contribution in [-0.4, -0.2) is 4.98 Å². The second-order valence-electron chi connectivity index (χ2n) is 4.69. The predicted octanol–water partition coefficient (Wildman–Crippen LogP) is 4.71. The Labute approximate surface area is 129 Å². The Bertz CT molecular complexity index is 597. The fourth-order valence-corrected chi connectivity index (χ4v) is 2.11. The summed E-state index contributed by atoms with van der Waals surface area (Å²) in [5.74, 6) is 0. The zero-order valence-electron chi connectivity index (χ0n) is 11.3. The molecule has 6 heteroatoms. The quantitative estimate of drug-likeness (QED) is 0.855. The standard InChI is InChI=1S/C15H14BrF3N2/c1-10(20-9-14-6-5-13(16)8-21-14)11-3-2-4-12(7-11)15(17,18)19/h2-8,10,20H,9H2,1H3. The summed E-state index contributed by atoms with van der Waals surface area (Å²) in [7, 11) is 0. The summed E-state index contributed by atoms with van der Waals surface area (Å²) in [5, 5.41) is 3.17. The van der Waals surface area contributed by atoms with Crippen LogP contribution >= 0.6 is 15.9 Å². The van der Waals surface area contributed by atoms with Crippen molar-refractivity contribution in [1.29, 1.82) is 0 Å². The third kappa shape index (κ3) is 4.54. The van der Waals surface area contributed by atoms with Gasteiger partial charge >= 0.3 is 6.18 Å². The molecular formula is C15H14BrF3N2. The lowest BCUT2D eigenvalue weighted by Gasteiger charge is -2.16. The van der Waals surface area contributed by atoms with Crippen LogP contribution in [0.4, 0.5) is 13.2 Å². The maximum Gasteiger partial charge on any atom is 0.416 e. The molecule has 0 aliphatic carbocycles. The van der Waals surface area contributed by atoms with Gasteiger partial charge in [-0.15, -0.1) is 0 Å². The molecule has 1 unspecified atom stereocenters. The zero-order valence-corrected chi connectivity index (χ0v) is 12.9. The van der Waals surface area contributed by atoms with Crippen molar-refractivity contribution < 1.29 is 13.2 Å². The molecule has 112 valence electrons. The third-order valence-electron chi connectivity index (χ3n) is 3.09. The van der Waals surface area contributed by atoms with Crippen molar-refractivity contribution in [3.63, 3.8) is 0 Å². The van der Waals surface area contributed by atoms with Crippen LogP contribution in [0.3, 0.4) is 0 Å². The monoisotopic (exact) mass is 358 g/mol. The molecule has 2 aromatic rings. The first-order valence-corrected chi connectivity index (χ1v) is 7.16. The van der Waals surface area contributed by atoms with Gasteiger partial charge in [-0.05, 0) is 52.7 Å². The number of pyridine rings is 1. The van der Waals surface area contributed by atoms with Gasteiger partial charge in [0.05, 0.1) is 11.3 Å². The average molecular weight is 359 g/mol. The molecule has 1 N–H and O–H groups in total. The molecule has 0 aliphatic rings. The van der Waals surface area contributed by atoms with Crippen LogP contribution in [0.25, 0.3) is 0 Å². The van der Waals surface area contributed by atoms with Crippen molar-refractivity contribution in [2.24, 2.45) is 0 Å². The zero-order chi connectivity index (χ0) is 15.5. The SMILES string of the molecule is CC(NCc1ccc(Br)cn1)c1cccc(C(F)(F)F)c1. The van der Waals surface area contributed by atoms with Crippen LogP contribution in [0.5, 0.6) is 0 Å². The van der Waals surface area contributed by atoms with Crippen LogP contribution in [0, 0.1) is 0 Å². The molecular weight excluding hydrogens is 345 g/mol. The molecule has 1 heterocycles. The van der Waals surface area contributed by atoms with Gasteiger partial charge in [-0.25, -0.2) is 0 Å². The van der Waals surface area contributed by atoms with Crippen molar-refractivity contribution in [2.75, 3.05) is 0 Å². The fraction of sp³-hybridized carbons (Fsp3) is 0.267. The minimum atomic E-state index is -4.32. The van der Waals surface area contributed by atoms with E-state index in [9.17, 15) is 13.2 Å². The normalized spacial score (nSPS) is 13.2. The second-order valence-corrected chi connectivity index (χ2v) is 5.61. The maximum atomic E-state index is 12.7. The topological polar surface area (TPSA) is 24.9 Å². The summed E-state index contributed by atoms with van der Waals surface area (Å²) < 4.78 is 38.9. The summed E-state index contributed by atoms with van der Waals surface area (Å²) in [5.41, 5.74) is 0.800. The molecule has 1 aromatic carbocycles. The summed E-state index contributed by atoms with van der Waals surface area (Å²) >= 11 is 3.30. The van der Waals surface area contributed by atoms with Gasteiger partial charge in [0.15, 0.2) is 0 Å². The number of nitrogens with one attached hydrogen (secondary N) is 1. The van der Waals surface area contributed by atoms with Crippen molar-refractivity contribution in [1.82, 2.24) is 10.3 Å². The van der Waals surface area contributed by atoms with Crippen molar-refractivity contribution >= 4 is 15.9 Å². The summed E-state index contributed by atoms with van der Waals surface area (Å²) in [4.78, 5) is 4.21. The molecule has 0 saturated carbocycles. The van der Waals surface area contributed by atoms with Gasteiger partial charge in [-0.1, -0.05) is 12.1 Å². The number of halogens is 4. The van der Waals surface area contributed by atoms with Crippen molar-refractivity contribution in [2.45, 2.75) is 25.7 Å². The molecule has 2 rings (SSSR count). The van der Waals surface area contributed by atoms with Crippen molar-refractivity contribution in [3.8, 4) is 0 Å². The third-order valence-corrected chi connectivity index (χ3v) is 3.56. The summed E-state index contributed by atoms with van der Waals surface area (Å²) in [6.07, 6.45) is -2.63. The van der Waals surface area contributed by atoms with E-state index >= 15 is 0 Å². The highest BCUT2D eigenvalue weighted by Gasteiger charge is 2.30. The average Bonchev–Trinajstić information content (AvgIpc) is 2.45. The first-order chi connectivity index (χ1) is 9.86. The Morgan fingerprint density at radius 3 is 2.62 bits per heavy atom. The molecule has 0 amide bonds. The lowest BCUT2D eigenvalue weighted by atomic mass is 10.0. The lowest BCUT2D eigenvalue weighted by molar-refractivity contribution is -0.137. The van der Waals surface area contributed by atoms with Crippen molar-refractivity contribution in [3.05, 3.63) is 63.9 Å². The first kappa shape index (κ1) is 16.0. The largest absolute Gasteiger partial charge is 0.416 e. The molecule has 2 nitrogen and oxygen atoms in total. The van der Waals surface area contributed by atoms with Gasteiger partial charge in [-0.3, -0.25) is 4.98 Å². The number of nitrogens with zero attached hydrogens (tertiary/aromatic N) is 1. The van der Waals surface area contributed by atoms with E-state index in [4.69, 9.17) is 0 Å². The van der Waals surface area contributed by atoms with E-state index in [1.807, 2.05) is 19.1 Å². The summed E-state index contributed by atoms with van der Waals surface area (Å²) in [6, 6.07) is 8.89. The van der Waals surface area contributed by atoms with Crippen LogP contribution in [0.15, 0.2) is 47.1 Å². The molecule has 0 aliphatic heterocycles. The van der Waals surface area contributed by atoms with Gasteiger partial charge in [0.1, 0.15) is 0 Å². The Morgan fingerprint density at radius 1 is 1.24 bits per heavy atom. The molecule has 0 radical (unpaired) electrons. The van der Waals surface area contributed by atoms with E-state index in [0.717, 1.165) is 16.2 Å². The first-order valence-electron chi connectivity index (χ1n) is 6.37. The van der Waals surface area contributed by atoms with E-state index in [2.05, 4.69) is 26.2 Å². The Kier molecular flexibility index (Phi) is 5.00. The van der Waals surface area contributed by atoms with E-state index in [1.54, 1.807) is 12.3 Å². The number of rotatable bonds is 4. The highest BCUT2D eigenvalue weighted by molar-refractivity contribution is 9.10. The molecule has 1 atom stereocenters. The van der Waals surface area contributed by atoms with Gasteiger partial charge < -0.3 is 5.32 Å². The number of alkyl halides is 3. The maximum absolute atomic E-state index is 12.7. The number of aromatic nitrogens is 1. The summed E-state index contributed by atoms with van der Waals surface area (Å²) in [6.45, 7) is 2.32. The molecule has 21 heavy (non-hydrogen) atoms. The van der Waals surface area contributed by atoms with Crippen LogP contribution in [-0.2, 0) is 12.7 Å².